The zero-order valence-electron chi connectivity index (χ0n) is 15.0. The van der Waals surface area contributed by atoms with Gasteiger partial charge < -0.3 is 15.5 Å². The maximum Gasteiger partial charge on any atom is 0.191 e. The highest BCUT2D eigenvalue weighted by molar-refractivity contribution is 14.0. The molecular weight excluding hydrogens is 481 g/mol. The molecule has 1 fully saturated rings. The molecule has 1 aromatic heterocycles. The second-order valence-electron chi connectivity index (χ2n) is 6.12. The van der Waals surface area contributed by atoms with Gasteiger partial charge in [-0.25, -0.2) is 9.98 Å². The summed E-state index contributed by atoms with van der Waals surface area (Å²) in [6.07, 6.45) is 2.98. The van der Waals surface area contributed by atoms with Gasteiger partial charge in [-0.05, 0) is 38.5 Å². The van der Waals surface area contributed by atoms with E-state index in [2.05, 4.69) is 45.4 Å². The van der Waals surface area contributed by atoms with Crippen LogP contribution in [0.4, 0.5) is 5.69 Å². The van der Waals surface area contributed by atoms with Crippen LogP contribution in [0.2, 0.25) is 5.02 Å². The molecule has 2 aromatic rings. The van der Waals surface area contributed by atoms with Crippen molar-refractivity contribution in [2.24, 2.45) is 4.99 Å². The maximum absolute atomic E-state index is 6.11. The van der Waals surface area contributed by atoms with Crippen LogP contribution in [0.25, 0.3) is 0 Å². The Kier molecular flexibility index (Phi) is 8.43. The highest BCUT2D eigenvalue weighted by Crippen LogP contribution is 2.23. The largest absolute Gasteiger partial charge is 0.369 e. The number of aliphatic imine (C=N–C) groups is 1. The van der Waals surface area contributed by atoms with Gasteiger partial charge in [-0.2, -0.15) is 0 Å². The predicted molar refractivity (Wildman–Crippen MR) is 122 cm³/mol. The monoisotopic (exact) mass is 505 g/mol. The normalized spacial score (nSPS) is 17.1. The molecule has 1 unspecified atom stereocenters. The van der Waals surface area contributed by atoms with Crippen LogP contribution in [0.1, 0.15) is 23.2 Å². The van der Waals surface area contributed by atoms with E-state index < -0.39 is 0 Å². The molecule has 1 aliphatic heterocycles. The standard InChI is InChI=1S/C18H24ClN5S.HI/c1-3-20-18(22-11-17-21-10-13(2)25-17)23-15-7-8-24(12-15)16-6-4-5-14(19)9-16;/h4-6,9-10,15H,3,7-8,11-12H2,1-2H3,(H2,20,22,23);1H. The molecule has 1 saturated heterocycles. The van der Waals surface area contributed by atoms with Crippen molar-refractivity contribution in [1.29, 1.82) is 0 Å². The quantitative estimate of drug-likeness (QED) is 0.366. The summed E-state index contributed by atoms with van der Waals surface area (Å²) in [5, 5.41) is 8.70. The van der Waals surface area contributed by atoms with Crippen molar-refractivity contribution in [2.75, 3.05) is 24.5 Å². The van der Waals surface area contributed by atoms with Gasteiger partial charge in [0.05, 0.1) is 6.54 Å². The van der Waals surface area contributed by atoms with E-state index in [0.29, 0.717) is 12.6 Å². The zero-order valence-corrected chi connectivity index (χ0v) is 18.9. The first-order valence-corrected chi connectivity index (χ1v) is 9.80. The number of anilines is 1. The van der Waals surface area contributed by atoms with E-state index in [1.54, 1.807) is 11.3 Å². The fourth-order valence-electron chi connectivity index (χ4n) is 2.92. The first-order chi connectivity index (χ1) is 12.1. The molecule has 142 valence electrons. The third-order valence-electron chi connectivity index (χ3n) is 4.09. The van der Waals surface area contributed by atoms with Crippen molar-refractivity contribution in [3.05, 3.63) is 45.4 Å². The third-order valence-corrected chi connectivity index (χ3v) is 5.22. The Bertz CT molecular complexity index is 736. The maximum atomic E-state index is 6.11. The first-order valence-electron chi connectivity index (χ1n) is 8.60. The van der Waals surface area contributed by atoms with E-state index in [-0.39, 0.29) is 24.0 Å². The number of benzene rings is 1. The van der Waals surface area contributed by atoms with Crippen molar-refractivity contribution in [3.8, 4) is 0 Å². The molecular formula is C18H25ClIN5S. The molecule has 1 atom stereocenters. The summed E-state index contributed by atoms with van der Waals surface area (Å²) in [7, 11) is 0. The van der Waals surface area contributed by atoms with Gasteiger partial charge in [0.25, 0.3) is 0 Å². The first kappa shape index (κ1) is 21.2. The number of hydrogen-bond acceptors (Lipinski definition) is 4. The number of aryl methyl sites for hydroxylation is 1. The van der Waals surface area contributed by atoms with Gasteiger partial charge in [-0.1, -0.05) is 17.7 Å². The van der Waals surface area contributed by atoms with Crippen molar-refractivity contribution < 1.29 is 0 Å². The highest BCUT2D eigenvalue weighted by Gasteiger charge is 2.23. The molecule has 0 amide bonds. The zero-order chi connectivity index (χ0) is 17.6. The average Bonchev–Trinajstić information content (AvgIpc) is 3.22. The van der Waals surface area contributed by atoms with Crippen molar-refractivity contribution in [1.82, 2.24) is 15.6 Å². The molecule has 0 saturated carbocycles. The Hall–Kier alpha value is -1.06. The number of halogens is 2. The number of hydrogen-bond donors (Lipinski definition) is 2. The second-order valence-corrected chi connectivity index (χ2v) is 7.87. The average molecular weight is 506 g/mol. The molecule has 1 aromatic carbocycles. The number of nitrogens with one attached hydrogen (secondary N) is 2. The minimum Gasteiger partial charge on any atom is -0.369 e. The molecule has 26 heavy (non-hydrogen) atoms. The van der Waals surface area contributed by atoms with Gasteiger partial charge in [0.1, 0.15) is 5.01 Å². The second kappa shape index (κ2) is 10.3. The topological polar surface area (TPSA) is 52.6 Å². The van der Waals surface area contributed by atoms with Gasteiger partial charge in [0.2, 0.25) is 0 Å². The van der Waals surface area contributed by atoms with Gasteiger partial charge in [0.15, 0.2) is 5.96 Å². The highest BCUT2D eigenvalue weighted by atomic mass is 127. The Balaban J connectivity index is 0.00000243. The predicted octanol–water partition coefficient (Wildman–Crippen LogP) is 4.06. The van der Waals surface area contributed by atoms with Gasteiger partial charge in [0, 0.05) is 47.5 Å². The van der Waals surface area contributed by atoms with Crippen LogP contribution < -0.4 is 15.5 Å². The molecule has 2 heterocycles. The van der Waals surface area contributed by atoms with Gasteiger partial charge in [-0.3, -0.25) is 0 Å². The summed E-state index contributed by atoms with van der Waals surface area (Å²) < 4.78 is 0. The summed E-state index contributed by atoms with van der Waals surface area (Å²) in [6.45, 7) is 7.56. The van der Waals surface area contributed by atoms with Gasteiger partial charge >= 0.3 is 0 Å². The van der Waals surface area contributed by atoms with Crippen LogP contribution in [-0.4, -0.2) is 36.6 Å². The summed E-state index contributed by atoms with van der Waals surface area (Å²) in [4.78, 5) is 12.6. The smallest absolute Gasteiger partial charge is 0.191 e. The summed E-state index contributed by atoms with van der Waals surface area (Å²) >= 11 is 7.81. The van der Waals surface area contributed by atoms with Crippen molar-refractivity contribution in [3.63, 3.8) is 0 Å². The summed E-state index contributed by atoms with van der Waals surface area (Å²) in [5.74, 6) is 0.855. The molecule has 3 rings (SSSR count). The Labute approximate surface area is 181 Å². The molecule has 1 aliphatic rings. The molecule has 8 heteroatoms. The summed E-state index contributed by atoms with van der Waals surface area (Å²) in [6, 6.07) is 8.41. The van der Waals surface area contributed by atoms with Crippen LogP contribution in [-0.2, 0) is 6.54 Å². The van der Waals surface area contributed by atoms with Crippen LogP contribution in [0.5, 0.6) is 0 Å². The number of guanidine groups is 1. The number of aromatic nitrogens is 1. The fraction of sp³-hybridized carbons (Fsp3) is 0.444. The summed E-state index contributed by atoms with van der Waals surface area (Å²) in [5.41, 5.74) is 1.18. The Morgan fingerprint density at radius 1 is 1.46 bits per heavy atom. The lowest BCUT2D eigenvalue weighted by molar-refractivity contribution is 0.649. The van der Waals surface area contributed by atoms with Crippen molar-refractivity contribution >= 4 is 58.6 Å². The lowest BCUT2D eigenvalue weighted by Crippen LogP contribution is -2.44. The van der Waals surface area contributed by atoms with Gasteiger partial charge in [-0.15, -0.1) is 35.3 Å². The van der Waals surface area contributed by atoms with Crippen LogP contribution in [0.15, 0.2) is 35.5 Å². The van der Waals surface area contributed by atoms with E-state index in [9.17, 15) is 0 Å². The molecule has 2 N–H and O–H groups in total. The SMILES string of the molecule is CCNC(=NCc1ncc(C)s1)NC1CCN(c2cccc(Cl)c2)C1.I. The molecule has 5 nitrogen and oxygen atoms in total. The molecule has 0 spiro atoms. The minimum absolute atomic E-state index is 0. The number of thiazole rings is 1. The number of nitrogens with zero attached hydrogens (tertiary/aromatic N) is 3. The third kappa shape index (κ3) is 5.99. The minimum atomic E-state index is 0. The van der Waals surface area contributed by atoms with E-state index >= 15 is 0 Å². The molecule has 0 bridgehead atoms. The van der Waals surface area contributed by atoms with Crippen LogP contribution >= 0.6 is 46.9 Å². The molecule has 0 aliphatic carbocycles. The Morgan fingerprint density at radius 3 is 3.00 bits per heavy atom. The lowest BCUT2D eigenvalue weighted by Gasteiger charge is -2.20. The fourth-order valence-corrected chi connectivity index (χ4v) is 3.82. The number of rotatable bonds is 5. The lowest BCUT2D eigenvalue weighted by atomic mass is 10.3. The van der Waals surface area contributed by atoms with Crippen molar-refractivity contribution in [2.45, 2.75) is 32.9 Å². The Morgan fingerprint density at radius 2 is 2.31 bits per heavy atom. The van der Waals surface area contributed by atoms with E-state index in [4.69, 9.17) is 11.6 Å². The van der Waals surface area contributed by atoms with E-state index in [0.717, 1.165) is 42.0 Å². The van der Waals surface area contributed by atoms with Crippen LogP contribution in [0, 0.1) is 6.92 Å². The van der Waals surface area contributed by atoms with E-state index in [1.807, 2.05) is 24.4 Å². The van der Waals surface area contributed by atoms with E-state index in [1.165, 1.54) is 10.6 Å². The van der Waals surface area contributed by atoms with Crippen LogP contribution in [0.3, 0.4) is 0 Å². The molecule has 0 radical (unpaired) electrons.